The van der Waals surface area contributed by atoms with Crippen molar-refractivity contribution < 1.29 is 17.6 Å². The maximum atomic E-state index is 13.6. The fourth-order valence-corrected chi connectivity index (χ4v) is 3.33. The van der Waals surface area contributed by atoms with E-state index in [-0.39, 0.29) is 5.56 Å². The first-order valence-corrected chi connectivity index (χ1v) is 7.87. The largest absolute Gasteiger partial charge is 0.268 e. The zero-order valence-electron chi connectivity index (χ0n) is 10.2. The molecule has 2 saturated carbocycles. The molecule has 0 atom stereocenters. The van der Waals surface area contributed by atoms with Gasteiger partial charge in [0.05, 0.1) is 10.8 Å². The van der Waals surface area contributed by atoms with Gasteiger partial charge in [-0.3, -0.25) is 4.79 Å². The van der Waals surface area contributed by atoms with Gasteiger partial charge in [-0.15, -0.1) is 0 Å². The summed E-state index contributed by atoms with van der Waals surface area (Å²) in [5, 5.41) is -0.494. The molecular formula is C13H14FNO3S. The van der Waals surface area contributed by atoms with E-state index in [1.807, 2.05) is 4.72 Å². The Labute approximate surface area is 111 Å². The summed E-state index contributed by atoms with van der Waals surface area (Å²) in [6, 6.07) is 4.34. The number of carbonyl (C=O) groups is 1. The molecule has 0 saturated heterocycles. The summed E-state index contributed by atoms with van der Waals surface area (Å²) in [6.07, 6.45) is 3.19. The molecule has 2 fully saturated rings. The molecular weight excluding hydrogens is 269 g/mol. The van der Waals surface area contributed by atoms with Gasteiger partial charge in [0.25, 0.3) is 5.91 Å². The summed E-state index contributed by atoms with van der Waals surface area (Å²) in [4.78, 5) is 11.9. The van der Waals surface area contributed by atoms with Crippen molar-refractivity contribution in [3.05, 3.63) is 35.1 Å². The van der Waals surface area contributed by atoms with Crippen LogP contribution in [0.15, 0.2) is 18.2 Å². The van der Waals surface area contributed by atoms with Crippen LogP contribution in [0.3, 0.4) is 0 Å². The monoisotopic (exact) mass is 283 g/mol. The lowest BCUT2D eigenvalue weighted by Gasteiger charge is -2.08. The third-order valence-corrected chi connectivity index (χ3v) is 5.30. The van der Waals surface area contributed by atoms with Crippen LogP contribution in [0, 0.1) is 5.82 Å². The first kappa shape index (κ1) is 12.6. The van der Waals surface area contributed by atoms with E-state index in [2.05, 4.69) is 0 Å². The van der Waals surface area contributed by atoms with Crippen LogP contribution in [-0.2, 0) is 10.0 Å². The molecule has 0 aromatic heterocycles. The van der Waals surface area contributed by atoms with Crippen LogP contribution in [-0.4, -0.2) is 19.6 Å². The molecule has 0 bridgehead atoms. The molecule has 1 N–H and O–H groups in total. The predicted octanol–water partition coefficient (Wildman–Crippen LogP) is 1.93. The van der Waals surface area contributed by atoms with E-state index in [1.165, 1.54) is 12.1 Å². The van der Waals surface area contributed by atoms with Crippen LogP contribution in [0.1, 0.15) is 47.5 Å². The number of sulfonamides is 1. The van der Waals surface area contributed by atoms with E-state index >= 15 is 0 Å². The highest BCUT2D eigenvalue weighted by Crippen LogP contribution is 2.40. The summed E-state index contributed by atoms with van der Waals surface area (Å²) < 4.78 is 38.9. The number of halogens is 1. The number of nitrogens with one attached hydrogen (secondary N) is 1. The lowest BCUT2D eigenvalue weighted by Crippen LogP contribution is -2.33. The van der Waals surface area contributed by atoms with Crippen LogP contribution < -0.4 is 4.72 Å². The minimum absolute atomic E-state index is 0.186. The standard InChI is InChI=1S/C13H14FNO3S/c14-12-6-3-9(8-1-2-8)7-11(12)13(16)15-19(17,18)10-4-5-10/h3,6-8,10H,1-2,4-5H2,(H,15,16). The predicted molar refractivity (Wildman–Crippen MR) is 67.8 cm³/mol. The molecule has 1 aromatic rings. The molecule has 6 heteroatoms. The molecule has 1 amide bonds. The summed E-state index contributed by atoms with van der Waals surface area (Å²) >= 11 is 0. The number of carbonyl (C=O) groups excluding carboxylic acids is 1. The van der Waals surface area contributed by atoms with Crippen molar-refractivity contribution in [2.75, 3.05) is 0 Å². The molecule has 0 radical (unpaired) electrons. The van der Waals surface area contributed by atoms with Crippen molar-refractivity contribution in [2.45, 2.75) is 36.9 Å². The minimum Gasteiger partial charge on any atom is -0.268 e. The van der Waals surface area contributed by atoms with Gasteiger partial charge in [-0.2, -0.15) is 0 Å². The average molecular weight is 283 g/mol. The van der Waals surface area contributed by atoms with Crippen molar-refractivity contribution in [3.63, 3.8) is 0 Å². The maximum absolute atomic E-state index is 13.6. The average Bonchev–Trinajstić information content (AvgIpc) is 3.18. The van der Waals surface area contributed by atoms with Gasteiger partial charge in [-0.05, 0) is 49.3 Å². The van der Waals surface area contributed by atoms with Crippen LogP contribution in [0.25, 0.3) is 0 Å². The Balaban J connectivity index is 1.84. The second kappa shape index (κ2) is 4.30. The topological polar surface area (TPSA) is 63.2 Å². The molecule has 2 aliphatic rings. The molecule has 0 heterocycles. The zero-order chi connectivity index (χ0) is 13.6. The van der Waals surface area contributed by atoms with E-state index in [0.29, 0.717) is 18.8 Å². The molecule has 1 aromatic carbocycles. The Hall–Kier alpha value is -1.43. The third-order valence-electron chi connectivity index (χ3n) is 3.48. The highest BCUT2D eigenvalue weighted by molar-refractivity contribution is 7.91. The lowest BCUT2D eigenvalue weighted by molar-refractivity contribution is 0.0977. The number of hydrogen-bond acceptors (Lipinski definition) is 3. The number of hydrogen-bond donors (Lipinski definition) is 1. The van der Waals surface area contributed by atoms with E-state index in [9.17, 15) is 17.6 Å². The summed E-state index contributed by atoms with van der Waals surface area (Å²) in [5.41, 5.74) is 0.712. The quantitative estimate of drug-likeness (QED) is 0.918. The first-order chi connectivity index (χ1) is 8.97. The van der Waals surface area contributed by atoms with Gasteiger partial charge in [0, 0.05) is 0 Å². The Kier molecular flexibility index (Phi) is 2.85. The lowest BCUT2D eigenvalue weighted by atomic mass is 10.1. The van der Waals surface area contributed by atoms with Crippen molar-refractivity contribution >= 4 is 15.9 Å². The van der Waals surface area contributed by atoms with Gasteiger partial charge in [0.15, 0.2) is 0 Å². The second-order valence-corrected chi connectivity index (χ2v) is 7.15. The summed E-state index contributed by atoms with van der Waals surface area (Å²) in [6.45, 7) is 0. The zero-order valence-corrected chi connectivity index (χ0v) is 11.0. The van der Waals surface area contributed by atoms with Crippen LogP contribution >= 0.6 is 0 Å². The smallest absolute Gasteiger partial charge is 0.267 e. The molecule has 0 aliphatic heterocycles. The SMILES string of the molecule is O=C(NS(=O)(=O)C1CC1)c1cc(C2CC2)ccc1F. The van der Waals surface area contributed by atoms with E-state index in [1.54, 1.807) is 6.07 Å². The van der Waals surface area contributed by atoms with Gasteiger partial charge >= 0.3 is 0 Å². The van der Waals surface area contributed by atoms with Crippen LogP contribution in [0.4, 0.5) is 4.39 Å². The summed E-state index contributed by atoms with van der Waals surface area (Å²) in [7, 11) is -3.63. The number of amides is 1. The van der Waals surface area contributed by atoms with Gasteiger partial charge in [0.1, 0.15) is 5.82 Å². The van der Waals surface area contributed by atoms with Crippen LogP contribution in [0.5, 0.6) is 0 Å². The van der Waals surface area contributed by atoms with Crippen molar-refractivity contribution in [1.82, 2.24) is 4.72 Å². The number of benzene rings is 1. The van der Waals surface area contributed by atoms with E-state index < -0.39 is 27.0 Å². The fourth-order valence-electron chi connectivity index (χ4n) is 2.03. The molecule has 3 rings (SSSR count). The van der Waals surface area contributed by atoms with Gasteiger partial charge in [-0.1, -0.05) is 6.07 Å². The Morgan fingerprint density at radius 1 is 1.21 bits per heavy atom. The third kappa shape index (κ3) is 2.63. The maximum Gasteiger partial charge on any atom is 0.267 e. The molecule has 4 nitrogen and oxygen atoms in total. The van der Waals surface area contributed by atoms with Crippen LogP contribution in [0.2, 0.25) is 0 Å². The van der Waals surface area contributed by atoms with Crippen molar-refractivity contribution in [3.8, 4) is 0 Å². The second-order valence-electron chi connectivity index (χ2n) is 5.19. The highest BCUT2D eigenvalue weighted by Gasteiger charge is 2.37. The fraction of sp³-hybridized carbons (Fsp3) is 0.462. The van der Waals surface area contributed by atoms with E-state index in [4.69, 9.17) is 0 Å². The van der Waals surface area contributed by atoms with Crippen molar-refractivity contribution in [1.29, 1.82) is 0 Å². The molecule has 102 valence electrons. The van der Waals surface area contributed by atoms with Gasteiger partial charge in [-0.25, -0.2) is 17.5 Å². The van der Waals surface area contributed by atoms with Crippen molar-refractivity contribution in [2.24, 2.45) is 0 Å². The summed E-state index contributed by atoms with van der Waals surface area (Å²) in [5.74, 6) is -1.17. The molecule has 0 unspecified atom stereocenters. The molecule has 2 aliphatic carbocycles. The Morgan fingerprint density at radius 3 is 2.47 bits per heavy atom. The molecule has 0 spiro atoms. The van der Waals surface area contributed by atoms with Gasteiger partial charge in [0.2, 0.25) is 10.0 Å². The van der Waals surface area contributed by atoms with Gasteiger partial charge < -0.3 is 0 Å². The molecule has 19 heavy (non-hydrogen) atoms. The first-order valence-electron chi connectivity index (χ1n) is 6.33. The minimum atomic E-state index is -3.63. The Morgan fingerprint density at radius 2 is 1.89 bits per heavy atom. The van der Waals surface area contributed by atoms with E-state index in [0.717, 1.165) is 18.4 Å². The highest BCUT2D eigenvalue weighted by atomic mass is 32.2. The number of rotatable bonds is 4. The Bertz CT molecular complexity index is 633. The normalized spacial score (nSPS) is 19.2.